The molecule has 0 heterocycles. The van der Waals surface area contributed by atoms with Crippen LogP contribution >= 0.6 is 0 Å². The second-order valence-electron chi connectivity index (χ2n) is 9.60. The molecule has 0 aliphatic rings. The van der Waals surface area contributed by atoms with Gasteiger partial charge in [0.05, 0.1) is 16.3 Å². The van der Waals surface area contributed by atoms with Gasteiger partial charge in [0.2, 0.25) is 0 Å². The molecular formula is C28H33N3O3S. The molecule has 1 N–H and O–H groups in total. The van der Waals surface area contributed by atoms with Crippen LogP contribution in [0.25, 0.3) is 0 Å². The van der Waals surface area contributed by atoms with E-state index in [-0.39, 0.29) is 10.3 Å². The Balaban J connectivity index is 1.86. The summed E-state index contributed by atoms with van der Waals surface area (Å²) in [5, 5.41) is 4.22. The van der Waals surface area contributed by atoms with Crippen LogP contribution in [0.2, 0.25) is 0 Å². The van der Waals surface area contributed by atoms with E-state index in [1.54, 1.807) is 37.3 Å². The fourth-order valence-corrected chi connectivity index (χ4v) is 5.11. The van der Waals surface area contributed by atoms with Crippen molar-refractivity contribution >= 4 is 27.3 Å². The summed E-state index contributed by atoms with van der Waals surface area (Å²) in [5.74, 6) is -0.531. The Morgan fingerprint density at radius 2 is 1.54 bits per heavy atom. The smallest absolute Gasteiger partial charge is 0.264 e. The van der Waals surface area contributed by atoms with E-state index in [4.69, 9.17) is 0 Å². The first-order valence-electron chi connectivity index (χ1n) is 11.5. The summed E-state index contributed by atoms with van der Waals surface area (Å²) in [6.07, 6.45) is 0. The number of carbonyl (C=O) groups excluding carboxylic acids is 1. The SMILES string of the molecule is C/C(=N/NC(=O)CN(c1cccc(C)c1C)S(=O)(=O)c1ccccc1)c1ccc(C(C)(C)C)cc1. The minimum absolute atomic E-state index is 0.0411. The van der Waals surface area contributed by atoms with E-state index < -0.39 is 22.5 Å². The maximum Gasteiger partial charge on any atom is 0.264 e. The van der Waals surface area contributed by atoms with Crippen LogP contribution in [0.15, 0.2) is 82.8 Å². The van der Waals surface area contributed by atoms with Gasteiger partial charge in [-0.15, -0.1) is 0 Å². The van der Waals surface area contributed by atoms with Crippen LogP contribution in [0.3, 0.4) is 0 Å². The van der Waals surface area contributed by atoms with Crippen molar-refractivity contribution in [1.29, 1.82) is 0 Å². The van der Waals surface area contributed by atoms with E-state index in [1.807, 2.05) is 44.2 Å². The zero-order chi connectivity index (χ0) is 25.8. The van der Waals surface area contributed by atoms with Crippen LogP contribution in [0.5, 0.6) is 0 Å². The molecule has 0 fully saturated rings. The molecule has 0 spiro atoms. The Labute approximate surface area is 208 Å². The Kier molecular flexibility index (Phi) is 7.80. The highest BCUT2D eigenvalue weighted by molar-refractivity contribution is 7.92. The van der Waals surface area contributed by atoms with Gasteiger partial charge in [-0.3, -0.25) is 9.10 Å². The molecule has 0 saturated carbocycles. The summed E-state index contributed by atoms with van der Waals surface area (Å²) in [7, 11) is -3.97. The fraction of sp³-hybridized carbons (Fsp3) is 0.286. The van der Waals surface area contributed by atoms with E-state index in [0.717, 1.165) is 21.0 Å². The van der Waals surface area contributed by atoms with Gasteiger partial charge in [-0.25, -0.2) is 13.8 Å². The summed E-state index contributed by atoms with van der Waals surface area (Å²) in [5.41, 5.74) is 7.46. The highest BCUT2D eigenvalue weighted by atomic mass is 32.2. The maximum atomic E-state index is 13.5. The van der Waals surface area contributed by atoms with Crippen molar-refractivity contribution in [2.45, 2.75) is 51.9 Å². The minimum atomic E-state index is -3.97. The lowest BCUT2D eigenvalue weighted by Crippen LogP contribution is -2.40. The number of carbonyl (C=O) groups is 1. The molecular weight excluding hydrogens is 458 g/mol. The van der Waals surface area contributed by atoms with Crippen LogP contribution in [-0.4, -0.2) is 26.6 Å². The van der Waals surface area contributed by atoms with Crippen LogP contribution in [0.1, 0.15) is 49.9 Å². The van der Waals surface area contributed by atoms with E-state index in [2.05, 4.69) is 31.3 Å². The summed E-state index contributed by atoms with van der Waals surface area (Å²) in [4.78, 5) is 13.0. The normalized spacial score (nSPS) is 12.3. The molecule has 0 saturated heterocycles. The molecule has 3 rings (SSSR count). The predicted molar refractivity (Wildman–Crippen MR) is 142 cm³/mol. The molecule has 0 radical (unpaired) electrons. The van der Waals surface area contributed by atoms with Crippen molar-refractivity contribution in [2.75, 3.05) is 10.8 Å². The van der Waals surface area contributed by atoms with Gasteiger partial charge >= 0.3 is 0 Å². The first kappa shape index (κ1) is 26.2. The quantitative estimate of drug-likeness (QED) is 0.358. The lowest BCUT2D eigenvalue weighted by molar-refractivity contribution is -0.119. The number of hydrazone groups is 1. The number of aryl methyl sites for hydroxylation is 1. The highest BCUT2D eigenvalue weighted by Gasteiger charge is 2.28. The lowest BCUT2D eigenvalue weighted by Gasteiger charge is -2.26. The Morgan fingerprint density at radius 1 is 0.914 bits per heavy atom. The molecule has 6 nitrogen and oxygen atoms in total. The molecule has 3 aromatic carbocycles. The van der Waals surface area contributed by atoms with Gasteiger partial charge in [-0.2, -0.15) is 5.10 Å². The third-order valence-corrected chi connectivity index (χ3v) is 7.75. The molecule has 0 bridgehead atoms. The average molecular weight is 492 g/mol. The molecule has 184 valence electrons. The number of rotatable bonds is 7. The number of hydrogen-bond acceptors (Lipinski definition) is 4. The number of amides is 1. The zero-order valence-electron chi connectivity index (χ0n) is 21.2. The van der Waals surface area contributed by atoms with Crippen molar-refractivity contribution < 1.29 is 13.2 Å². The van der Waals surface area contributed by atoms with Gasteiger partial charge in [0.25, 0.3) is 15.9 Å². The van der Waals surface area contributed by atoms with Crippen LogP contribution in [0, 0.1) is 13.8 Å². The number of anilines is 1. The zero-order valence-corrected chi connectivity index (χ0v) is 22.0. The van der Waals surface area contributed by atoms with E-state index in [1.165, 1.54) is 17.7 Å². The van der Waals surface area contributed by atoms with E-state index >= 15 is 0 Å². The molecule has 3 aromatic rings. The first-order chi connectivity index (χ1) is 16.4. The molecule has 1 amide bonds. The van der Waals surface area contributed by atoms with Crippen molar-refractivity contribution in [3.63, 3.8) is 0 Å². The van der Waals surface area contributed by atoms with Gasteiger partial charge in [-0.05, 0) is 66.6 Å². The number of hydrogen-bond donors (Lipinski definition) is 1. The molecule has 0 aromatic heterocycles. The van der Waals surface area contributed by atoms with Gasteiger partial charge in [0.1, 0.15) is 6.54 Å². The molecule has 7 heteroatoms. The van der Waals surface area contributed by atoms with Crippen LogP contribution < -0.4 is 9.73 Å². The van der Waals surface area contributed by atoms with E-state index in [9.17, 15) is 13.2 Å². The monoisotopic (exact) mass is 491 g/mol. The topological polar surface area (TPSA) is 78.8 Å². The van der Waals surface area contributed by atoms with Gasteiger partial charge in [0, 0.05) is 0 Å². The summed E-state index contributed by atoms with van der Waals surface area (Å²) in [6.45, 7) is 11.6. The lowest BCUT2D eigenvalue weighted by atomic mass is 9.86. The summed E-state index contributed by atoms with van der Waals surface area (Å²) < 4.78 is 28.2. The summed E-state index contributed by atoms with van der Waals surface area (Å²) >= 11 is 0. The standard InChI is InChI=1S/C28H33N3O3S/c1-20-11-10-14-26(21(20)2)31(35(33,34)25-12-8-7-9-13-25)19-27(32)30-29-22(3)23-15-17-24(18-16-23)28(4,5)6/h7-18H,19H2,1-6H3,(H,30,32)/b29-22-. The highest BCUT2D eigenvalue weighted by Crippen LogP contribution is 2.28. The van der Waals surface area contributed by atoms with Gasteiger partial charge in [0.15, 0.2) is 0 Å². The molecule has 0 unspecified atom stereocenters. The predicted octanol–water partition coefficient (Wildman–Crippen LogP) is 5.34. The molecule has 0 atom stereocenters. The summed E-state index contributed by atoms with van der Waals surface area (Å²) in [6, 6.07) is 21.5. The van der Waals surface area contributed by atoms with Crippen LogP contribution in [0.4, 0.5) is 5.69 Å². The second-order valence-corrected chi connectivity index (χ2v) is 11.5. The second kappa shape index (κ2) is 10.4. The third-order valence-electron chi connectivity index (χ3n) is 5.98. The van der Waals surface area contributed by atoms with Crippen molar-refractivity contribution in [1.82, 2.24) is 5.43 Å². The molecule has 35 heavy (non-hydrogen) atoms. The maximum absolute atomic E-state index is 13.5. The first-order valence-corrected chi connectivity index (χ1v) is 12.9. The Bertz CT molecular complexity index is 1320. The largest absolute Gasteiger partial charge is 0.271 e. The minimum Gasteiger partial charge on any atom is -0.271 e. The van der Waals surface area contributed by atoms with E-state index in [0.29, 0.717) is 11.4 Å². The van der Waals surface area contributed by atoms with Gasteiger partial charge in [-0.1, -0.05) is 75.4 Å². The number of benzene rings is 3. The van der Waals surface area contributed by atoms with Crippen molar-refractivity contribution in [2.24, 2.45) is 5.10 Å². The van der Waals surface area contributed by atoms with Crippen molar-refractivity contribution in [3.05, 3.63) is 95.1 Å². The third kappa shape index (κ3) is 6.17. The van der Waals surface area contributed by atoms with Crippen LogP contribution in [-0.2, 0) is 20.2 Å². The van der Waals surface area contributed by atoms with Gasteiger partial charge < -0.3 is 0 Å². The Hall–Kier alpha value is -3.45. The van der Waals surface area contributed by atoms with Crippen molar-refractivity contribution in [3.8, 4) is 0 Å². The molecule has 0 aliphatic heterocycles. The Morgan fingerprint density at radius 3 is 2.14 bits per heavy atom. The number of nitrogens with zero attached hydrogens (tertiary/aromatic N) is 2. The average Bonchev–Trinajstić information content (AvgIpc) is 2.83. The molecule has 0 aliphatic carbocycles. The fourth-order valence-electron chi connectivity index (χ4n) is 3.61. The number of sulfonamides is 1. The number of nitrogens with one attached hydrogen (secondary N) is 1.